The third kappa shape index (κ3) is 4.22. The molecule has 0 bridgehead atoms. The summed E-state index contributed by atoms with van der Waals surface area (Å²) in [5, 5.41) is 0.638. The van der Waals surface area contributed by atoms with E-state index in [0.717, 1.165) is 17.8 Å². The fourth-order valence-corrected chi connectivity index (χ4v) is 7.74. The van der Waals surface area contributed by atoms with Crippen molar-refractivity contribution in [3.63, 3.8) is 0 Å². The molecular weight excluding hydrogens is 440 g/mol. The van der Waals surface area contributed by atoms with E-state index in [-0.39, 0.29) is 20.0 Å². The number of rotatable bonds is 5. The van der Waals surface area contributed by atoms with E-state index in [1.807, 2.05) is 4.90 Å². The minimum Gasteiger partial charge on any atom is -0.360 e. The summed E-state index contributed by atoms with van der Waals surface area (Å²) in [5.74, 6) is 0.624. The number of sulfone groups is 2. The van der Waals surface area contributed by atoms with Crippen LogP contribution in [0.2, 0.25) is 5.02 Å². The van der Waals surface area contributed by atoms with Gasteiger partial charge in [0.1, 0.15) is 5.00 Å². The largest absolute Gasteiger partial charge is 0.360 e. The van der Waals surface area contributed by atoms with Crippen molar-refractivity contribution in [1.29, 1.82) is 0 Å². The summed E-state index contributed by atoms with van der Waals surface area (Å²) in [7, 11) is -7.60. The molecule has 6 nitrogen and oxygen atoms in total. The molecular formula is C18H23ClN2O4S3. The van der Waals surface area contributed by atoms with Crippen LogP contribution in [0.5, 0.6) is 0 Å². The van der Waals surface area contributed by atoms with Crippen molar-refractivity contribution in [3.05, 3.63) is 29.3 Å². The Balaban J connectivity index is 2.17. The van der Waals surface area contributed by atoms with Crippen molar-refractivity contribution >= 4 is 47.6 Å². The Morgan fingerprint density at radius 3 is 2.21 bits per heavy atom. The number of anilines is 1. The number of halogens is 1. The van der Waals surface area contributed by atoms with Crippen molar-refractivity contribution < 1.29 is 16.8 Å². The first-order valence-corrected chi connectivity index (χ1v) is 13.4. The third-order valence-corrected chi connectivity index (χ3v) is 10.1. The molecule has 0 radical (unpaired) electrons. The number of piperidine rings is 1. The van der Waals surface area contributed by atoms with Gasteiger partial charge in [-0.3, -0.25) is 0 Å². The lowest BCUT2D eigenvalue weighted by atomic mass is 9.92. The minimum absolute atomic E-state index is 0.0435. The molecule has 2 heterocycles. The zero-order valence-electron chi connectivity index (χ0n) is 15.9. The highest BCUT2D eigenvalue weighted by Crippen LogP contribution is 2.40. The van der Waals surface area contributed by atoms with Crippen LogP contribution in [-0.2, 0) is 19.7 Å². The number of benzene rings is 1. The maximum absolute atomic E-state index is 13.3. The molecule has 0 unspecified atom stereocenters. The lowest BCUT2D eigenvalue weighted by Gasteiger charge is -2.35. The van der Waals surface area contributed by atoms with Gasteiger partial charge in [-0.25, -0.2) is 21.8 Å². The van der Waals surface area contributed by atoms with Crippen LogP contribution in [0.25, 0.3) is 0 Å². The van der Waals surface area contributed by atoms with Gasteiger partial charge in [0.25, 0.3) is 0 Å². The summed E-state index contributed by atoms with van der Waals surface area (Å²) < 4.78 is 51.2. The molecule has 1 aromatic heterocycles. The first-order valence-electron chi connectivity index (χ1n) is 9.03. The fraction of sp³-hybridized carbons (Fsp3) is 0.500. The van der Waals surface area contributed by atoms with Crippen LogP contribution in [0.1, 0.15) is 27.2 Å². The van der Waals surface area contributed by atoms with E-state index in [9.17, 15) is 16.8 Å². The minimum atomic E-state index is -3.98. The van der Waals surface area contributed by atoms with Crippen molar-refractivity contribution in [3.8, 4) is 0 Å². The van der Waals surface area contributed by atoms with Gasteiger partial charge in [0.15, 0.2) is 5.03 Å². The highest BCUT2D eigenvalue weighted by Gasteiger charge is 2.34. The molecule has 0 saturated carbocycles. The summed E-state index contributed by atoms with van der Waals surface area (Å²) >= 11 is 6.83. The maximum Gasteiger partial charge on any atom is 0.226 e. The van der Waals surface area contributed by atoms with E-state index in [1.54, 1.807) is 0 Å². The molecule has 2 aromatic rings. The molecule has 2 atom stereocenters. The molecule has 0 aliphatic carbocycles. The van der Waals surface area contributed by atoms with E-state index in [0.29, 0.717) is 34.9 Å². The average Bonchev–Trinajstić information content (AvgIpc) is 3.08. The number of thiazole rings is 1. The van der Waals surface area contributed by atoms with Crippen LogP contribution >= 0.6 is 22.9 Å². The van der Waals surface area contributed by atoms with Gasteiger partial charge < -0.3 is 4.90 Å². The first-order chi connectivity index (χ1) is 13.0. The van der Waals surface area contributed by atoms with Gasteiger partial charge in [-0.1, -0.05) is 43.7 Å². The van der Waals surface area contributed by atoms with Crippen LogP contribution in [-0.4, -0.2) is 40.7 Å². The topological polar surface area (TPSA) is 84.4 Å². The van der Waals surface area contributed by atoms with Gasteiger partial charge in [-0.15, -0.1) is 0 Å². The smallest absolute Gasteiger partial charge is 0.226 e. The molecule has 28 heavy (non-hydrogen) atoms. The number of aromatic nitrogens is 1. The molecule has 1 aromatic carbocycles. The molecule has 10 heteroatoms. The van der Waals surface area contributed by atoms with Crippen molar-refractivity contribution in [2.75, 3.05) is 23.7 Å². The van der Waals surface area contributed by atoms with Crippen LogP contribution in [0, 0.1) is 11.8 Å². The SMILES string of the molecule is CCS(=O)(=O)c1nc(S(=O)(=O)c2ccc(Cl)cc2)c(N2C[C@@H](C)C[C@H](C)C2)s1. The highest BCUT2D eigenvalue weighted by atomic mass is 35.5. The van der Waals surface area contributed by atoms with Gasteiger partial charge in [0, 0.05) is 18.1 Å². The normalized spacial score (nSPS) is 21.1. The molecule has 3 rings (SSSR count). The van der Waals surface area contributed by atoms with E-state index in [4.69, 9.17) is 11.6 Å². The Morgan fingerprint density at radius 2 is 1.68 bits per heavy atom. The zero-order chi connectivity index (χ0) is 20.7. The average molecular weight is 463 g/mol. The number of nitrogens with zero attached hydrogens (tertiary/aromatic N) is 2. The lowest BCUT2D eigenvalue weighted by Crippen LogP contribution is -2.38. The van der Waals surface area contributed by atoms with Gasteiger partial charge >= 0.3 is 0 Å². The van der Waals surface area contributed by atoms with Crippen LogP contribution in [0.4, 0.5) is 5.00 Å². The molecule has 1 saturated heterocycles. The molecule has 0 spiro atoms. The number of hydrogen-bond acceptors (Lipinski definition) is 7. The second-order valence-corrected chi connectivity index (χ2v) is 13.0. The molecule has 1 aliphatic rings. The van der Waals surface area contributed by atoms with Gasteiger partial charge in [-0.05, 0) is 42.5 Å². The summed E-state index contributed by atoms with van der Waals surface area (Å²) in [6, 6.07) is 5.82. The second-order valence-electron chi connectivity index (χ2n) is 7.30. The Labute approximate surface area is 175 Å². The van der Waals surface area contributed by atoms with Gasteiger partial charge in [0.2, 0.25) is 24.0 Å². The van der Waals surface area contributed by atoms with Crippen molar-refractivity contribution in [2.45, 2.75) is 41.5 Å². The quantitative estimate of drug-likeness (QED) is 0.669. The fourth-order valence-electron chi connectivity index (χ4n) is 3.47. The molecule has 0 amide bonds. The third-order valence-electron chi connectivity index (χ3n) is 4.74. The van der Waals surface area contributed by atoms with Gasteiger partial charge in [0.05, 0.1) is 10.6 Å². The lowest BCUT2D eigenvalue weighted by molar-refractivity contribution is 0.357. The van der Waals surface area contributed by atoms with Crippen LogP contribution in [0.15, 0.2) is 38.5 Å². The van der Waals surface area contributed by atoms with Crippen molar-refractivity contribution in [2.24, 2.45) is 11.8 Å². The maximum atomic E-state index is 13.3. The van der Waals surface area contributed by atoms with Crippen LogP contribution < -0.4 is 4.90 Å². The number of hydrogen-bond donors (Lipinski definition) is 0. The van der Waals surface area contributed by atoms with E-state index in [1.165, 1.54) is 31.2 Å². The zero-order valence-corrected chi connectivity index (χ0v) is 19.1. The summed E-state index contributed by atoms with van der Waals surface area (Å²) in [6.07, 6.45) is 1.05. The Hall–Kier alpha value is -1.16. The predicted octanol–water partition coefficient (Wildman–Crippen LogP) is 3.91. The molecule has 154 valence electrons. The summed E-state index contributed by atoms with van der Waals surface area (Å²) in [5.41, 5.74) is 0. The monoisotopic (exact) mass is 462 g/mol. The van der Waals surface area contributed by atoms with Gasteiger partial charge in [-0.2, -0.15) is 0 Å². The van der Waals surface area contributed by atoms with E-state index in [2.05, 4.69) is 18.8 Å². The standard InChI is InChI=1S/C18H23ClN2O4S3/c1-4-27(22,23)18-20-16(28(24,25)15-7-5-14(19)6-8-15)17(26-18)21-10-12(2)9-13(3)11-21/h5-8,12-13H,4,9-11H2,1-3H3/t12-,13-/m0/s1. The van der Waals surface area contributed by atoms with E-state index >= 15 is 0 Å². The second kappa shape index (κ2) is 7.93. The molecule has 0 N–H and O–H groups in total. The first kappa shape index (κ1) is 21.5. The van der Waals surface area contributed by atoms with E-state index < -0.39 is 19.7 Å². The van der Waals surface area contributed by atoms with Crippen molar-refractivity contribution in [1.82, 2.24) is 4.98 Å². The molecule has 1 fully saturated rings. The predicted molar refractivity (Wildman–Crippen MR) is 112 cm³/mol. The summed E-state index contributed by atoms with van der Waals surface area (Å²) in [4.78, 5) is 6.13. The Bertz CT molecular complexity index is 1050. The summed E-state index contributed by atoms with van der Waals surface area (Å²) in [6.45, 7) is 7.08. The van der Waals surface area contributed by atoms with Crippen LogP contribution in [0.3, 0.4) is 0 Å². The Morgan fingerprint density at radius 1 is 1.11 bits per heavy atom. The Kier molecular flexibility index (Phi) is 6.10. The highest BCUT2D eigenvalue weighted by molar-refractivity contribution is 7.94. The molecule has 1 aliphatic heterocycles.